The summed E-state index contributed by atoms with van der Waals surface area (Å²) in [6, 6.07) is 15.8. The first-order chi connectivity index (χ1) is 13.8. The van der Waals surface area contributed by atoms with Crippen LogP contribution in [0.5, 0.6) is 0 Å². The number of nitrogens with one attached hydrogen (secondary N) is 1. The van der Waals surface area contributed by atoms with Crippen molar-refractivity contribution in [3.8, 4) is 0 Å². The molecule has 0 saturated carbocycles. The maximum atomic E-state index is 12.7. The molecule has 1 atom stereocenters. The first-order valence-electron chi connectivity index (χ1n) is 9.84. The van der Waals surface area contributed by atoms with E-state index in [9.17, 15) is 4.79 Å². The molecule has 1 aromatic heterocycles. The number of hydrogen-bond acceptors (Lipinski definition) is 1. The van der Waals surface area contributed by atoms with E-state index < -0.39 is 0 Å². The summed E-state index contributed by atoms with van der Waals surface area (Å²) in [5.74, 6) is 0.438. The molecule has 0 saturated heterocycles. The summed E-state index contributed by atoms with van der Waals surface area (Å²) >= 11 is 3.44. The van der Waals surface area contributed by atoms with Crippen molar-refractivity contribution in [3.63, 3.8) is 0 Å². The van der Waals surface area contributed by atoms with Gasteiger partial charge in [0.15, 0.2) is 0 Å². The number of fused-ring (bicyclic) bond motifs is 1. The van der Waals surface area contributed by atoms with Crippen LogP contribution in [0.25, 0.3) is 10.9 Å². The average molecular weight is 451 g/mol. The van der Waals surface area contributed by atoms with Gasteiger partial charge in [-0.15, -0.1) is 0 Å². The molecule has 3 nitrogen and oxygen atoms in total. The molecule has 1 N–H and O–H groups in total. The molecule has 0 bridgehead atoms. The lowest BCUT2D eigenvalue weighted by Crippen LogP contribution is -2.26. The Balaban J connectivity index is 1.72. The van der Waals surface area contributed by atoms with Gasteiger partial charge in [0.05, 0.1) is 6.04 Å². The molecule has 1 amide bonds. The smallest absolute Gasteiger partial charge is 0.251 e. The second-order valence-corrected chi connectivity index (χ2v) is 8.64. The Labute approximate surface area is 181 Å². The molecule has 1 heterocycles. The van der Waals surface area contributed by atoms with Gasteiger partial charge in [-0.1, -0.05) is 60.6 Å². The normalized spacial score (nSPS) is 12.6. The third-order valence-corrected chi connectivity index (χ3v) is 5.37. The van der Waals surface area contributed by atoms with Crippen molar-refractivity contribution in [1.82, 2.24) is 9.88 Å². The monoisotopic (exact) mass is 450 g/mol. The first-order valence-corrected chi connectivity index (χ1v) is 10.6. The fraction of sp³-hybridized carbons (Fsp3) is 0.240. The zero-order chi connectivity index (χ0) is 21.0. The van der Waals surface area contributed by atoms with Crippen LogP contribution in [-0.2, 0) is 6.54 Å². The predicted molar refractivity (Wildman–Crippen MR) is 125 cm³/mol. The van der Waals surface area contributed by atoms with Gasteiger partial charge < -0.3 is 9.88 Å². The van der Waals surface area contributed by atoms with Crippen LogP contribution in [0.1, 0.15) is 42.7 Å². The van der Waals surface area contributed by atoms with E-state index in [1.807, 2.05) is 61.7 Å². The fourth-order valence-corrected chi connectivity index (χ4v) is 3.46. The quantitative estimate of drug-likeness (QED) is 0.401. The van der Waals surface area contributed by atoms with Gasteiger partial charge in [0.25, 0.3) is 5.91 Å². The van der Waals surface area contributed by atoms with Gasteiger partial charge in [-0.05, 0) is 60.4 Å². The van der Waals surface area contributed by atoms with Gasteiger partial charge in [0.1, 0.15) is 0 Å². The lowest BCUT2D eigenvalue weighted by atomic mass is 10.1. The Morgan fingerprint density at radius 2 is 1.86 bits per heavy atom. The minimum atomic E-state index is -0.0701. The van der Waals surface area contributed by atoms with Gasteiger partial charge in [0, 0.05) is 33.7 Å². The number of benzene rings is 2. The van der Waals surface area contributed by atoms with Crippen LogP contribution < -0.4 is 5.32 Å². The molecule has 0 radical (unpaired) electrons. The SMILES string of the molecule is C=C(C=CC(C)C)Cn1ccc2cc(C(=O)NC(C)c3ccc(Br)cc3)ccc21. The van der Waals surface area contributed by atoms with E-state index in [4.69, 9.17) is 0 Å². The van der Waals surface area contributed by atoms with E-state index in [0.717, 1.165) is 33.1 Å². The van der Waals surface area contributed by atoms with E-state index in [1.54, 1.807) is 0 Å². The van der Waals surface area contributed by atoms with Gasteiger partial charge in [0.2, 0.25) is 0 Å². The van der Waals surface area contributed by atoms with Gasteiger partial charge >= 0.3 is 0 Å². The minimum absolute atomic E-state index is 0.0630. The van der Waals surface area contributed by atoms with E-state index in [2.05, 4.69) is 58.4 Å². The standard InChI is InChI=1S/C25H27BrN2O/c1-17(2)5-6-18(3)16-28-14-13-21-15-22(9-12-24(21)28)25(29)27-19(4)20-7-10-23(26)11-8-20/h5-15,17,19H,3,16H2,1-2,4H3,(H,27,29). The number of carbonyl (C=O) groups is 1. The van der Waals surface area contributed by atoms with Crippen molar-refractivity contribution in [2.75, 3.05) is 0 Å². The highest BCUT2D eigenvalue weighted by Crippen LogP contribution is 2.21. The van der Waals surface area contributed by atoms with Crippen LogP contribution >= 0.6 is 15.9 Å². The van der Waals surface area contributed by atoms with E-state index >= 15 is 0 Å². The number of amides is 1. The molecule has 29 heavy (non-hydrogen) atoms. The summed E-state index contributed by atoms with van der Waals surface area (Å²) in [4.78, 5) is 12.7. The Kier molecular flexibility index (Phi) is 6.75. The highest BCUT2D eigenvalue weighted by atomic mass is 79.9. The molecule has 0 spiro atoms. The van der Waals surface area contributed by atoms with Crippen molar-refractivity contribution >= 4 is 32.7 Å². The first kappa shape index (κ1) is 21.1. The summed E-state index contributed by atoms with van der Waals surface area (Å²) in [5, 5.41) is 4.13. The second kappa shape index (κ2) is 9.27. The summed E-state index contributed by atoms with van der Waals surface area (Å²) < 4.78 is 3.19. The van der Waals surface area contributed by atoms with Crippen LogP contribution in [0.15, 0.2) is 83.5 Å². The average Bonchev–Trinajstić information content (AvgIpc) is 3.08. The molecule has 0 fully saturated rings. The van der Waals surface area contributed by atoms with Crippen LogP contribution in [0.3, 0.4) is 0 Å². The van der Waals surface area contributed by atoms with E-state index in [0.29, 0.717) is 11.5 Å². The molecule has 0 aliphatic carbocycles. The molecule has 0 aliphatic heterocycles. The van der Waals surface area contributed by atoms with Gasteiger partial charge in [-0.25, -0.2) is 0 Å². The zero-order valence-corrected chi connectivity index (χ0v) is 18.7. The Morgan fingerprint density at radius 3 is 2.55 bits per heavy atom. The summed E-state index contributed by atoms with van der Waals surface area (Å²) in [6.07, 6.45) is 6.29. The van der Waals surface area contributed by atoms with Crippen LogP contribution in [0.2, 0.25) is 0 Å². The Bertz CT molecular complexity index is 1040. The van der Waals surface area contributed by atoms with Crippen LogP contribution in [0, 0.1) is 5.92 Å². The number of aromatic nitrogens is 1. The van der Waals surface area contributed by atoms with Crippen LogP contribution in [-0.4, -0.2) is 10.5 Å². The molecule has 1 unspecified atom stereocenters. The summed E-state index contributed by atoms with van der Waals surface area (Å²) in [5.41, 5.74) is 3.89. The molecule has 0 aliphatic rings. The lowest BCUT2D eigenvalue weighted by Gasteiger charge is -2.15. The molecule has 4 heteroatoms. The number of allylic oxidation sites excluding steroid dienone is 3. The van der Waals surface area contributed by atoms with Crippen molar-refractivity contribution < 1.29 is 4.79 Å². The van der Waals surface area contributed by atoms with E-state index in [1.165, 1.54) is 0 Å². The van der Waals surface area contributed by atoms with Crippen molar-refractivity contribution in [2.45, 2.75) is 33.4 Å². The number of hydrogen-bond donors (Lipinski definition) is 1. The molecule has 150 valence electrons. The fourth-order valence-electron chi connectivity index (χ4n) is 3.19. The number of halogens is 1. The molecule has 3 aromatic rings. The maximum absolute atomic E-state index is 12.7. The topological polar surface area (TPSA) is 34.0 Å². The maximum Gasteiger partial charge on any atom is 0.251 e. The predicted octanol–water partition coefficient (Wildman–Crippen LogP) is 6.66. The number of rotatable bonds is 7. The highest BCUT2D eigenvalue weighted by Gasteiger charge is 2.13. The molecule has 2 aromatic carbocycles. The summed E-state index contributed by atoms with van der Waals surface area (Å²) in [7, 11) is 0. The van der Waals surface area contributed by atoms with E-state index in [-0.39, 0.29) is 11.9 Å². The highest BCUT2D eigenvalue weighted by molar-refractivity contribution is 9.10. The molecular formula is C25H27BrN2O. The number of nitrogens with zero attached hydrogens (tertiary/aromatic N) is 1. The largest absolute Gasteiger partial charge is 0.346 e. The summed E-state index contributed by atoms with van der Waals surface area (Å²) in [6.45, 7) is 11.2. The lowest BCUT2D eigenvalue weighted by molar-refractivity contribution is 0.0940. The van der Waals surface area contributed by atoms with Gasteiger partial charge in [-0.3, -0.25) is 4.79 Å². The van der Waals surface area contributed by atoms with Crippen molar-refractivity contribution in [3.05, 3.63) is 94.6 Å². The van der Waals surface area contributed by atoms with Gasteiger partial charge in [-0.2, -0.15) is 0 Å². The molecule has 3 rings (SSSR count). The number of carbonyl (C=O) groups excluding carboxylic acids is 1. The Hall–Kier alpha value is -2.59. The molecular weight excluding hydrogens is 424 g/mol. The van der Waals surface area contributed by atoms with Crippen LogP contribution in [0.4, 0.5) is 0 Å². The van der Waals surface area contributed by atoms with Crippen molar-refractivity contribution in [2.24, 2.45) is 5.92 Å². The third kappa shape index (κ3) is 5.48. The zero-order valence-electron chi connectivity index (χ0n) is 17.2. The minimum Gasteiger partial charge on any atom is -0.346 e. The third-order valence-electron chi connectivity index (χ3n) is 4.84. The Morgan fingerprint density at radius 1 is 1.14 bits per heavy atom. The second-order valence-electron chi connectivity index (χ2n) is 7.73. The van der Waals surface area contributed by atoms with Crippen molar-refractivity contribution in [1.29, 1.82) is 0 Å².